The Kier molecular flexibility index (Phi) is 5.46. The molecule has 0 radical (unpaired) electrons. The Morgan fingerprint density at radius 2 is 1.59 bits per heavy atom. The first-order valence-corrected chi connectivity index (χ1v) is 11.1. The Bertz CT molecular complexity index is 957. The predicted octanol–water partition coefficient (Wildman–Crippen LogP) is 2.26. The lowest BCUT2D eigenvalue weighted by Crippen LogP contribution is -2.48. The highest BCUT2D eigenvalue weighted by Gasteiger charge is 2.41. The van der Waals surface area contributed by atoms with E-state index >= 15 is 0 Å². The Labute approximate surface area is 171 Å². The molecule has 9 heteroatoms. The summed E-state index contributed by atoms with van der Waals surface area (Å²) in [5.74, 6) is 1.49. The Morgan fingerprint density at radius 1 is 0.931 bits per heavy atom. The van der Waals surface area contributed by atoms with Crippen LogP contribution in [0.1, 0.15) is 30.1 Å². The molecule has 2 aromatic rings. The molecule has 1 fully saturated rings. The summed E-state index contributed by atoms with van der Waals surface area (Å²) >= 11 is 0. The molecule has 0 bridgehead atoms. The van der Waals surface area contributed by atoms with Gasteiger partial charge in [-0.05, 0) is 42.7 Å². The van der Waals surface area contributed by atoms with Crippen LogP contribution < -0.4 is 14.2 Å². The van der Waals surface area contributed by atoms with E-state index in [1.54, 1.807) is 29.9 Å². The number of nitrogens with zero attached hydrogens (tertiary/aromatic N) is 3. The van der Waals surface area contributed by atoms with Crippen LogP contribution in [0.2, 0.25) is 0 Å². The van der Waals surface area contributed by atoms with E-state index in [1.165, 1.54) is 0 Å². The number of fused-ring (bicyclic) bond motifs is 1. The fourth-order valence-corrected chi connectivity index (χ4v) is 6.10. The van der Waals surface area contributed by atoms with E-state index in [9.17, 15) is 8.42 Å². The Balaban J connectivity index is 1.86. The molecule has 158 valence electrons. The van der Waals surface area contributed by atoms with Crippen LogP contribution in [0.5, 0.6) is 17.2 Å². The highest BCUT2D eigenvalue weighted by Crippen LogP contribution is 2.44. The number of benzene rings is 1. The van der Waals surface area contributed by atoms with Crippen molar-refractivity contribution in [3.63, 3.8) is 0 Å². The van der Waals surface area contributed by atoms with Gasteiger partial charge in [-0.1, -0.05) is 0 Å². The molecule has 8 nitrogen and oxygen atoms in total. The molecular formula is C20H27N3O5S. The minimum atomic E-state index is -3.59. The molecule has 1 saturated heterocycles. The van der Waals surface area contributed by atoms with Crippen molar-refractivity contribution < 1.29 is 22.6 Å². The van der Waals surface area contributed by atoms with Crippen LogP contribution in [-0.4, -0.2) is 62.6 Å². The maximum atomic E-state index is 13.5. The molecule has 0 N–H and O–H groups in total. The maximum absolute atomic E-state index is 13.5. The molecule has 0 saturated carbocycles. The predicted molar refractivity (Wildman–Crippen MR) is 109 cm³/mol. The zero-order valence-electron chi connectivity index (χ0n) is 17.0. The van der Waals surface area contributed by atoms with Crippen molar-refractivity contribution in [2.45, 2.75) is 25.4 Å². The zero-order chi connectivity index (χ0) is 20.6. The number of rotatable bonds is 6. The van der Waals surface area contributed by atoms with Gasteiger partial charge in [0.15, 0.2) is 11.5 Å². The molecule has 2 aliphatic heterocycles. The van der Waals surface area contributed by atoms with Gasteiger partial charge in [0.1, 0.15) is 0 Å². The minimum absolute atomic E-state index is 0.405. The van der Waals surface area contributed by atoms with Crippen LogP contribution >= 0.6 is 0 Å². The van der Waals surface area contributed by atoms with E-state index in [2.05, 4.69) is 4.57 Å². The standard InChI is InChI=1S/C20H27N3O5S/c1-26-17-13-15(14-18(27-2)20(17)28-3)19-16-7-6-8-21(16)11-12-23(19)29(24,25)22-9-4-5-10-22/h6-8,13-14,19H,4-5,9-12H2,1-3H3. The third kappa shape index (κ3) is 3.37. The fourth-order valence-electron chi connectivity index (χ4n) is 4.27. The lowest BCUT2D eigenvalue weighted by Gasteiger charge is -2.38. The van der Waals surface area contributed by atoms with Crippen LogP contribution in [0.25, 0.3) is 0 Å². The van der Waals surface area contributed by atoms with Gasteiger partial charge in [0, 0.05) is 38.1 Å². The number of aromatic nitrogens is 1. The van der Waals surface area contributed by atoms with Crippen molar-refractivity contribution in [3.8, 4) is 17.2 Å². The zero-order valence-corrected chi connectivity index (χ0v) is 17.8. The van der Waals surface area contributed by atoms with Crippen LogP contribution in [0, 0.1) is 0 Å². The number of ether oxygens (including phenoxy) is 3. The SMILES string of the molecule is COc1cc(C2c3cccn3CCN2S(=O)(=O)N2CCCC2)cc(OC)c1OC. The third-order valence-corrected chi connectivity index (χ3v) is 7.69. The van der Waals surface area contributed by atoms with E-state index in [4.69, 9.17) is 14.2 Å². The monoisotopic (exact) mass is 421 g/mol. The summed E-state index contributed by atoms with van der Waals surface area (Å²) < 4.78 is 48.7. The van der Waals surface area contributed by atoms with Crippen LogP contribution in [0.4, 0.5) is 0 Å². The summed E-state index contributed by atoms with van der Waals surface area (Å²) in [7, 11) is 1.08. The number of hydrogen-bond acceptors (Lipinski definition) is 5. The second-order valence-electron chi connectivity index (χ2n) is 7.21. The van der Waals surface area contributed by atoms with Gasteiger partial charge in [-0.15, -0.1) is 0 Å². The molecule has 0 aliphatic carbocycles. The smallest absolute Gasteiger partial charge is 0.282 e. The van der Waals surface area contributed by atoms with Crippen molar-refractivity contribution in [2.75, 3.05) is 41.0 Å². The van der Waals surface area contributed by atoms with Gasteiger partial charge in [0.2, 0.25) is 5.75 Å². The molecule has 0 amide bonds. The maximum Gasteiger partial charge on any atom is 0.282 e. The molecule has 3 heterocycles. The number of hydrogen-bond donors (Lipinski definition) is 0. The largest absolute Gasteiger partial charge is 0.493 e. The topological polar surface area (TPSA) is 73.2 Å². The molecule has 0 spiro atoms. The molecule has 1 atom stereocenters. The second-order valence-corrected chi connectivity index (χ2v) is 9.09. The van der Waals surface area contributed by atoms with Gasteiger partial charge in [0.05, 0.1) is 27.4 Å². The highest BCUT2D eigenvalue weighted by molar-refractivity contribution is 7.86. The summed E-state index contributed by atoms with van der Waals surface area (Å²) in [5.41, 5.74) is 1.70. The average molecular weight is 422 g/mol. The van der Waals surface area contributed by atoms with Gasteiger partial charge >= 0.3 is 0 Å². The van der Waals surface area contributed by atoms with Gasteiger partial charge in [0.25, 0.3) is 10.2 Å². The molecule has 2 aliphatic rings. The van der Waals surface area contributed by atoms with Crippen molar-refractivity contribution in [2.24, 2.45) is 0 Å². The Morgan fingerprint density at radius 3 is 2.17 bits per heavy atom. The van der Waals surface area contributed by atoms with E-state index in [0.29, 0.717) is 43.4 Å². The first kappa shape index (κ1) is 20.1. The van der Waals surface area contributed by atoms with Crippen LogP contribution in [-0.2, 0) is 16.8 Å². The van der Waals surface area contributed by atoms with Crippen molar-refractivity contribution in [1.82, 2.24) is 13.2 Å². The molecule has 1 aromatic carbocycles. The lowest BCUT2D eigenvalue weighted by molar-refractivity contribution is 0.273. The first-order chi connectivity index (χ1) is 14.0. The third-order valence-electron chi connectivity index (χ3n) is 5.68. The molecule has 1 unspecified atom stereocenters. The van der Waals surface area contributed by atoms with E-state index in [0.717, 1.165) is 24.1 Å². The van der Waals surface area contributed by atoms with E-state index in [-0.39, 0.29) is 0 Å². The van der Waals surface area contributed by atoms with Gasteiger partial charge in [-0.3, -0.25) is 0 Å². The molecule has 4 rings (SSSR count). The quantitative estimate of drug-likeness (QED) is 0.715. The molecule has 1 aromatic heterocycles. The highest BCUT2D eigenvalue weighted by atomic mass is 32.2. The second kappa shape index (κ2) is 7.89. The first-order valence-electron chi connectivity index (χ1n) is 9.73. The van der Waals surface area contributed by atoms with Crippen molar-refractivity contribution in [3.05, 3.63) is 41.7 Å². The van der Waals surface area contributed by atoms with Gasteiger partial charge in [-0.2, -0.15) is 17.0 Å². The van der Waals surface area contributed by atoms with Gasteiger partial charge < -0.3 is 18.8 Å². The van der Waals surface area contributed by atoms with E-state index in [1.807, 2.05) is 30.5 Å². The summed E-state index contributed by atoms with van der Waals surface area (Å²) in [4.78, 5) is 0. The Hall–Kier alpha value is -2.23. The van der Waals surface area contributed by atoms with Crippen LogP contribution in [0.15, 0.2) is 30.5 Å². The van der Waals surface area contributed by atoms with E-state index < -0.39 is 16.3 Å². The summed E-state index contributed by atoms with van der Waals surface area (Å²) in [6, 6.07) is 7.12. The average Bonchev–Trinajstić information content (AvgIpc) is 3.43. The summed E-state index contributed by atoms with van der Waals surface area (Å²) in [6.45, 7) is 2.17. The fraction of sp³-hybridized carbons (Fsp3) is 0.500. The number of methoxy groups -OCH3 is 3. The van der Waals surface area contributed by atoms with Crippen molar-refractivity contribution in [1.29, 1.82) is 0 Å². The summed E-state index contributed by atoms with van der Waals surface area (Å²) in [6.07, 6.45) is 3.79. The lowest BCUT2D eigenvalue weighted by atomic mass is 10.0. The molecule has 29 heavy (non-hydrogen) atoms. The molecular weight excluding hydrogens is 394 g/mol. The summed E-state index contributed by atoms with van der Waals surface area (Å²) in [5, 5.41) is 0. The normalized spacial score (nSPS) is 20.4. The van der Waals surface area contributed by atoms with Gasteiger partial charge in [-0.25, -0.2) is 0 Å². The minimum Gasteiger partial charge on any atom is -0.493 e. The van der Waals surface area contributed by atoms with Crippen molar-refractivity contribution >= 4 is 10.2 Å². The van der Waals surface area contributed by atoms with Crippen LogP contribution in [0.3, 0.4) is 0 Å².